The Bertz CT molecular complexity index is 442. The lowest BCUT2D eigenvalue weighted by molar-refractivity contribution is -0.0476. The van der Waals surface area contributed by atoms with Crippen LogP contribution in [0.15, 0.2) is 18.2 Å². The molecule has 3 N–H and O–H groups in total. The van der Waals surface area contributed by atoms with Gasteiger partial charge >= 0.3 is 0 Å². The van der Waals surface area contributed by atoms with Gasteiger partial charge in [-0.3, -0.25) is 16.2 Å². The zero-order chi connectivity index (χ0) is 14.5. The third kappa shape index (κ3) is 3.52. The van der Waals surface area contributed by atoms with Crippen molar-refractivity contribution >= 4 is 0 Å². The van der Waals surface area contributed by atoms with E-state index in [0.717, 1.165) is 25.6 Å². The van der Waals surface area contributed by atoms with Crippen molar-refractivity contribution in [3.05, 3.63) is 35.4 Å². The van der Waals surface area contributed by atoms with Gasteiger partial charge in [-0.1, -0.05) is 13.0 Å². The van der Waals surface area contributed by atoms with Gasteiger partial charge in [-0.25, -0.2) is 8.78 Å². The van der Waals surface area contributed by atoms with Crippen molar-refractivity contribution in [2.45, 2.75) is 25.5 Å². The van der Waals surface area contributed by atoms with E-state index in [1.165, 1.54) is 12.1 Å². The molecule has 1 aromatic rings. The smallest absolute Gasteiger partial charge is 0.131 e. The molecule has 2 atom stereocenters. The summed E-state index contributed by atoms with van der Waals surface area (Å²) in [5, 5.41) is 0. The second kappa shape index (κ2) is 7.08. The first-order valence-corrected chi connectivity index (χ1v) is 6.90. The van der Waals surface area contributed by atoms with Crippen LogP contribution in [0.25, 0.3) is 0 Å². The molecule has 112 valence electrons. The van der Waals surface area contributed by atoms with Crippen LogP contribution >= 0.6 is 0 Å². The zero-order valence-corrected chi connectivity index (χ0v) is 11.6. The number of nitrogens with two attached hydrogens (primary N) is 1. The van der Waals surface area contributed by atoms with Crippen molar-refractivity contribution in [2.24, 2.45) is 5.84 Å². The minimum Gasteiger partial charge on any atom is -0.374 e. The fraction of sp³-hybridized carbons (Fsp3) is 0.571. The summed E-state index contributed by atoms with van der Waals surface area (Å²) in [6, 6.07) is 3.02. The van der Waals surface area contributed by atoms with E-state index < -0.39 is 17.7 Å². The van der Waals surface area contributed by atoms with Crippen LogP contribution in [-0.2, 0) is 4.74 Å². The molecule has 0 aromatic heterocycles. The summed E-state index contributed by atoms with van der Waals surface area (Å²) in [7, 11) is 0. The highest BCUT2D eigenvalue weighted by Gasteiger charge is 2.30. The predicted octanol–water partition coefficient (Wildman–Crippen LogP) is 1.58. The molecule has 1 aliphatic heterocycles. The summed E-state index contributed by atoms with van der Waals surface area (Å²) in [4.78, 5) is 2.26. The van der Waals surface area contributed by atoms with Crippen molar-refractivity contribution in [2.75, 3.05) is 26.2 Å². The Balaban J connectivity index is 2.14. The number of halogens is 2. The Labute approximate surface area is 117 Å². The van der Waals surface area contributed by atoms with Crippen molar-refractivity contribution in [1.82, 2.24) is 10.3 Å². The number of ether oxygens (including phenoxy) is 1. The van der Waals surface area contributed by atoms with Gasteiger partial charge in [0, 0.05) is 24.7 Å². The summed E-state index contributed by atoms with van der Waals surface area (Å²) in [5.41, 5.74) is 2.93. The lowest BCUT2D eigenvalue weighted by atomic mass is 10.00. The van der Waals surface area contributed by atoms with Crippen LogP contribution in [0.5, 0.6) is 0 Å². The molecule has 0 spiro atoms. The van der Waals surface area contributed by atoms with E-state index >= 15 is 0 Å². The molecule has 20 heavy (non-hydrogen) atoms. The maximum atomic E-state index is 13.9. The number of rotatable bonds is 5. The summed E-state index contributed by atoms with van der Waals surface area (Å²) >= 11 is 0. The van der Waals surface area contributed by atoms with Crippen LogP contribution < -0.4 is 11.3 Å². The van der Waals surface area contributed by atoms with Gasteiger partial charge in [-0.05, 0) is 19.0 Å². The molecule has 0 amide bonds. The molecule has 1 fully saturated rings. The number of hydrogen-bond acceptors (Lipinski definition) is 4. The lowest BCUT2D eigenvalue weighted by Crippen LogP contribution is -2.49. The fourth-order valence-corrected chi connectivity index (χ4v) is 2.60. The average Bonchev–Trinajstić information content (AvgIpc) is 2.43. The molecule has 1 saturated heterocycles. The first-order chi connectivity index (χ1) is 9.65. The number of morpholine rings is 1. The molecule has 0 saturated carbocycles. The minimum atomic E-state index is -0.607. The molecule has 0 bridgehead atoms. The van der Waals surface area contributed by atoms with E-state index in [4.69, 9.17) is 10.6 Å². The predicted molar refractivity (Wildman–Crippen MR) is 72.9 cm³/mol. The van der Waals surface area contributed by atoms with E-state index in [1.807, 2.05) is 0 Å². The monoisotopic (exact) mass is 285 g/mol. The lowest BCUT2D eigenvalue weighted by Gasteiger charge is -2.36. The SMILES string of the molecule is CCCN1CCOC(C(NN)c2ccc(F)cc2F)C1. The number of hydrazine groups is 1. The molecule has 1 heterocycles. The van der Waals surface area contributed by atoms with E-state index in [0.29, 0.717) is 18.7 Å². The van der Waals surface area contributed by atoms with Gasteiger partial charge in [0.15, 0.2) is 0 Å². The van der Waals surface area contributed by atoms with Gasteiger partial charge in [0.05, 0.1) is 18.8 Å². The Morgan fingerprint density at radius 2 is 2.30 bits per heavy atom. The van der Waals surface area contributed by atoms with Gasteiger partial charge in [-0.15, -0.1) is 0 Å². The Kier molecular flexibility index (Phi) is 5.42. The van der Waals surface area contributed by atoms with Crippen molar-refractivity contribution in [1.29, 1.82) is 0 Å². The maximum Gasteiger partial charge on any atom is 0.131 e. The van der Waals surface area contributed by atoms with E-state index in [9.17, 15) is 8.78 Å². The molecular weight excluding hydrogens is 264 g/mol. The van der Waals surface area contributed by atoms with Crippen LogP contribution in [0.1, 0.15) is 24.9 Å². The van der Waals surface area contributed by atoms with E-state index in [2.05, 4.69) is 17.2 Å². The molecule has 2 rings (SSSR count). The highest BCUT2D eigenvalue weighted by Crippen LogP contribution is 2.24. The normalized spacial score (nSPS) is 21.9. The van der Waals surface area contributed by atoms with Gasteiger partial charge in [0.2, 0.25) is 0 Å². The minimum absolute atomic E-state index is 0.250. The second-order valence-corrected chi connectivity index (χ2v) is 5.02. The van der Waals surface area contributed by atoms with Crippen LogP contribution in [0.3, 0.4) is 0 Å². The summed E-state index contributed by atoms with van der Waals surface area (Å²) in [5.74, 6) is 4.35. The van der Waals surface area contributed by atoms with Gasteiger partial charge < -0.3 is 4.74 Å². The first-order valence-electron chi connectivity index (χ1n) is 6.90. The second-order valence-electron chi connectivity index (χ2n) is 5.02. The third-order valence-electron chi connectivity index (χ3n) is 3.57. The molecule has 4 nitrogen and oxygen atoms in total. The largest absolute Gasteiger partial charge is 0.374 e. The molecule has 1 aliphatic rings. The first kappa shape index (κ1) is 15.3. The van der Waals surface area contributed by atoms with Gasteiger partial charge in [0.1, 0.15) is 11.6 Å². The van der Waals surface area contributed by atoms with E-state index in [1.54, 1.807) is 0 Å². The van der Waals surface area contributed by atoms with Crippen LogP contribution in [-0.4, -0.2) is 37.2 Å². The Morgan fingerprint density at radius 3 is 2.95 bits per heavy atom. The summed E-state index contributed by atoms with van der Waals surface area (Å²) in [6.45, 7) is 5.23. The maximum absolute atomic E-state index is 13.9. The quantitative estimate of drug-likeness (QED) is 0.637. The van der Waals surface area contributed by atoms with Crippen LogP contribution in [0.2, 0.25) is 0 Å². The molecule has 2 unspecified atom stereocenters. The molecular formula is C14H21F2N3O. The number of nitrogens with one attached hydrogen (secondary N) is 1. The standard InChI is InChI=1S/C14H21F2N3O/c1-2-5-19-6-7-20-13(9-19)14(18-17)11-4-3-10(15)8-12(11)16/h3-4,8,13-14,18H,2,5-7,9,17H2,1H3. The Morgan fingerprint density at radius 1 is 1.50 bits per heavy atom. The van der Waals surface area contributed by atoms with Crippen molar-refractivity contribution in [3.8, 4) is 0 Å². The van der Waals surface area contributed by atoms with Crippen LogP contribution in [0, 0.1) is 11.6 Å². The highest BCUT2D eigenvalue weighted by atomic mass is 19.1. The Hall–Kier alpha value is -1.08. The van der Waals surface area contributed by atoms with Crippen LogP contribution in [0.4, 0.5) is 8.78 Å². The summed E-state index contributed by atoms with van der Waals surface area (Å²) < 4.78 is 32.6. The molecule has 0 aliphatic carbocycles. The van der Waals surface area contributed by atoms with Gasteiger partial charge in [-0.2, -0.15) is 0 Å². The molecule has 6 heteroatoms. The number of hydrogen-bond donors (Lipinski definition) is 2. The average molecular weight is 285 g/mol. The van der Waals surface area contributed by atoms with Crippen molar-refractivity contribution in [3.63, 3.8) is 0 Å². The van der Waals surface area contributed by atoms with Gasteiger partial charge in [0.25, 0.3) is 0 Å². The topological polar surface area (TPSA) is 50.5 Å². The third-order valence-corrected chi connectivity index (χ3v) is 3.57. The highest BCUT2D eigenvalue weighted by molar-refractivity contribution is 5.23. The van der Waals surface area contributed by atoms with Crippen molar-refractivity contribution < 1.29 is 13.5 Å². The molecule has 1 aromatic carbocycles. The number of nitrogens with zero attached hydrogens (tertiary/aromatic N) is 1. The molecule has 0 radical (unpaired) electrons. The summed E-state index contributed by atoms with van der Waals surface area (Å²) in [6.07, 6.45) is 0.804. The number of benzene rings is 1. The fourth-order valence-electron chi connectivity index (χ4n) is 2.60. The zero-order valence-electron chi connectivity index (χ0n) is 11.6. The van der Waals surface area contributed by atoms with E-state index in [-0.39, 0.29) is 6.10 Å².